The molecule has 0 aliphatic carbocycles. The Morgan fingerprint density at radius 1 is 1.56 bits per heavy atom. The number of benzene rings is 1. The molecular weight excluding hydrogens is 288 g/mol. The summed E-state index contributed by atoms with van der Waals surface area (Å²) in [6.45, 7) is 0. The number of carbonyl (C=O) groups is 1. The lowest BCUT2D eigenvalue weighted by Crippen LogP contribution is -2.14. The van der Waals surface area contributed by atoms with Crippen molar-refractivity contribution in [3.63, 3.8) is 0 Å². The highest BCUT2D eigenvalue weighted by molar-refractivity contribution is 9.10. The van der Waals surface area contributed by atoms with Crippen molar-refractivity contribution in [2.24, 2.45) is 5.92 Å². The molecule has 1 saturated heterocycles. The first-order valence-electron chi connectivity index (χ1n) is 5.13. The molecule has 4 heteroatoms. The molecule has 1 heterocycles. The van der Waals surface area contributed by atoms with Crippen molar-refractivity contribution in [2.75, 3.05) is 18.6 Å². The fraction of sp³-hybridized carbons (Fsp3) is 0.417. The lowest BCUT2D eigenvalue weighted by Gasteiger charge is -2.10. The first-order valence-corrected chi connectivity index (χ1v) is 7.08. The van der Waals surface area contributed by atoms with Gasteiger partial charge in [-0.2, -0.15) is 11.8 Å². The Kier molecular flexibility index (Phi) is 3.92. The van der Waals surface area contributed by atoms with Crippen LogP contribution < -0.4 is 4.74 Å². The molecule has 1 aliphatic rings. The summed E-state index contributed by atoms with van der Waals surface area (Å²) < 4.78 is 6.24. The maximum absolute atomic E-state index is 11.6. The van der Waals surface area contributed by atoms with E-state index >= 15 is 0 Å². The van der Waals surface area contributed by atoms with Crippen molar-refractivity contribution in [3.05, 3.63) is 28.2 Å². The number of ketones is 1. The summed E-state index contributed by atoms with van der Waals surface area (Å²) in [4.78, 5) is 11.6. The second-order valence-corrected chi connectivity index (χ2v) is 5.72. The van der Waals surface area contributed by atoms with Gasteiger partial charge in [0.1, 0.15) is 11.5 Å². The highest BCUT2D eigenvalue weighted by atomic mass is 79.9. The fourth-order valence-electron chi connectivity index (χ4n) is 1.79. The average Bonchev–Trinajstić information content (AvgIpc) is 2.68. The van der Waals surface area contributed by atoms with Gasteiger partial charge in [-0.25, -0.2) is 0 Å². The van der Waals surface area contributed by atoms with Gasteiger partial charge < -0.3 is 4.74 Å². The van der Waals surface area contributed by atoms with Gasteiger partial charge in [-0.05, 0) is 30.2 Å². The van der Waals surface area contributed by atoms with E-state index in [9.17, 15) is 4.79 Å². The van der Waals surface area contributed by atoms with E-state index < -0.39 is 0 Å². The second kappa shape index (κ2) is 5.23. The molecule has 1 fully saturated rings. The molecule has 0 aromatic heterocycles. The van der Waals surface area contributed by atoms with Crippen molar-refractivity contribution in [1.29, 1.82) is 0 Å². The van der Waals surface area contributed by atoms with Gasteiger partial charge in [-0.15, -0.1) is 0 Å². The van der Waals surface area contributed by atoms with Crippen molar-refractivity contribution in [3.8, 4) is 5.75 Å². The van der Waals surface area contributed by atoms with Gasteiger partial charge in [0.25, 0.3) is 0 Å². The molecule has 2 nitrogen and oxygen atoms in total. The molecule has 2 rings (SSSR count). The van der Waals surface area contributed by atoms with E-state index in [1.54, 1.807) is 18.9 Å². The molecule has 16 heavy (non-hydrogen) atoms. The molecule has 0 N–H and O–H groups in total. The summed E-state index contributed by atoms with van der Waals surface area (Å²) in [5.74, 6) is 3.01. The molecule has 1 aliphatic heterocycles. The van der Waals surface area contributed by atoms with Crippen molar-refractivity contribution in [1.82, 2.24) is 0 Å². The number of hydrogen-bond donors (Lipinski definition) is 0. The van der Waals surface area contributed by atoms with Crippen molar-refractivity contribution < 1.29 is 9.53 Å². The summed E-state index contributed by atoms with van der Waals surface area (Å²) >= 11 is 5.24. The van der Waals surface area contributed by atoms with Crippen LogP contribution in [0.2, 0.25) is 0 Å². The van der Waals surface area contributed by atoms with Crippen LogP contribution in [0.25, 0.3) is 0 Å². The smallest absolute Gasteiger partial charge is 0.146 e. The standard InChI is InChI=1S/C12H13BrO2S/c1-15-10-2-3-11(13)8(5-10)4-9-6-16-7-12(9)14/h2-3,5,9H,4,6-7H2,1H3. The van der Waals surface area contributed by atoms with Crippen LogP contribution in [-0.4, -0.2) is 24.4 Å². The van der Waals surface area contributed by atoms with E-state index in [1.807, 2.05) is 18.2 Å². The quantitative estimate of drug-likeness (QED) is 0.858. The normalized spacial score (nSPS) is 20.1. The molecule has 1 atom stereocenters. The molecule has 0 saturated carbocycles. The Balaban J connectivity index is 2.16. The van der Waals surface area contributed by atoms with Crippen LogP contribution in [-0.2, 0) is 11.2 Å². The molecule has 86 valence electrons. The highest BCUT2D eigenvalue weighted by Gasteiger charge is 2.25. The van der Waals surface area contributed by atoms with Crippen LogP contribution in [0.15, 0.2) is 22.7 Å². The van der Waals surface area contributed by atoms with E-state index in [2.05, 4.69) is 15.9 Å². The average molecular weight is 301 g/mol. The van der Waals surface area contributed by atoms with Gasteiger partial charge in [0, 0.05) is 16.1 Å². The molecular formula is C12H13BrO2S. The number of ether oxygens (including phenoxy) is 1. The first kappa shape index (κ1) is 12.0. The molecule has 0 bridgehead atoms. The maximum atomic E-state index is 11.6. The Morgan fingerprint density at radius 3 is 3.00 bits per heavy atom. The first-order chi connectivity index (χ1) is 7.70. The molecule has 1 unspecified atom stereocenters. The van der Waals surface area contributed by atoms with Crippen LogP contribution in [0.1, 0.15) is 5.56 Å². The van der Waals surface area contributed by atoms with Crippen molar-refractivity contribution in [2.45, 2.75) is 6.42 Å². The third-order valence-electron chi connectivity index (χ3n) is 2.74. The van der Waals surface area contributed by atoms with Gasteiger partial charge in [0.2, 0.25) is 0 Å². The Hall–Kier alpha value is -0.480. The zero-order valence-electron chi connectivity index (χ0n) is 9.03. The number of Topliss-reactive ketones (excluding diaryl/α,β-unsaturated/α-hetero) is 1. The summed E-state index contributed by atoms with van der Waals surface area (Å²) in [7, 11) is 1.66. The lowest BCUT2D eigenvalue weighted by molar-refractivity contribution is -0.119. The monoisotopic (exact) mass is 300 g/mol. The molecule has 1 aromatic carbocycles. The molecule has 0 amide bonds. The summed E-state index contributed by atoms with van der Waals surface area (Å²) in [6.07, 6.45) is 0.809. The zero-order chi connectivity index (χ0) is 11.5. The van der Waals surface area contributed by atoms with Crippen LogP contribution in [0, 0.1) is 5.92 Å². The number of rotatable bonds is 3. The van der Waals surface area contributed by atoms with Gasteiger partial charge in [-0.3, -0.25) is 4.79 Å². The minimum atomic E-state index is 0.174. The van der Waals surface area contributed by atoms with E-state index in [4.69, 9.17) is 4.74 Å². The SMILES string of the molecule is COc1ccc(Br)c(CC2CSCC2=O)c1. The maximum Gasteiger partial charge on any atom is 0.146 e. The van der Waals surface area contributed by atoms with Crippen LogP contribution >= 0.6 is 27.7 Å². The summed E-state index contributed by atoms with van der Waals surface area (Å²) in [6, 6.07) is 5.89. The summed E-state index contributed by atoms with van der Waals surface area (Å²) in [5.41, 5.74) is 1.15. The Morgan fingerprint density at radius 2 is 2.38 bits per heavy atom. The largest absolute Gasteiger partial charge is 0.497 e. The van der Waals surface area contributed by atoms with E-state index in [0.717, 1.165) is 28.0 Å². The Labute approximate surface area is 108 Å². The second-order valence-electron chi connectivity index (χ2n) is 3.84. The highest BCUT2D eigenvalue weighted by Crippen LogP contribution is 2.29. The lowest BCUT2D eigenvalue weighted by atomic mass is 9.98. The zero-order valence-corrected chi connectivity index (χ0v) is 11.4. The fourth-order valence-corrected chi connectivity index (χ4v) is 3.34. The molecule has 0 spiro atoms. The van der Waals surface area contributed by atoms with Gasteiger partial charge in [0.05, 0.1) is 12.9 Å². The van der Waals surface area contributed by atoms with Crippen molar-refractivity contribution >= 4 is 33.5 Å². The third kappa shape index (κ3) is 2.61. The van der Waals surface area contributed by atoms with Gasteiger partial charge >= 0.3 is 0 Å². The number of thioether (sulfide) groups is 1. The van der Waals surface area contributed by atoms with Gasteiger partial charge in [0.15, 0.2) is 0 Å². The van der Waals surface area contributed by atoms with Crippen LogP contribution in [0.5, 0.6) is 5.75 Å². The van der Waals surface area contributed by atoms with Crippen LogP contribution in [0.3, 0.4) is 0 Å². The summed E-state index contributed by atoms with van der Waals surface area (Å²) in [5, 5.41) is 0. The van der Waals surface area contributed by atoms with E-state index in [0.29, 0.717) is 11.5 Å². The predicted molar refractivity (Wildman–Crippen MR) is 70.2 cm³/mol. The van der Waals surface area contributed by atoms with E-state index in [-0.39, 0.29) is 5.92 Å². The third-order valence-corrected chi connectivity index (χ3v) is 4.64. The Bertz CT molecular complexity index is 406. The van der Waals surface area contributed by atoms with E-state index in [1.165, 1.54) is 0 Å². The number of halogens is 1. The topological polar surface area (TPSA) is 26.3 Å². The predicted octanol–water partition coefficient (Wildman–Crippen LogP) is 2.93. The van der Waals surface area contributed by atoms with Crippen LogP contribution in [0.4, 0.5) is 0 Å². The van der Waals surface area contributed by atoms with Gasteiger partial charge in [-0.1, -0.05) is 15.9 Å². The molecule has 0 radical (unpaired) electrons. The number of carbonyl (C=O) groups excluding carboxylic acids is 1. The minimum absolute atomic E-state index is 0.174. The number of hydrogen-bond acceptors (Lipinski definition) is 3. The molecule has 1 aromatic rings. The minimum Gasteiger partial charge on any atom is -0.497 e. The number of methoxy groups -OCH3 is 1.